The first kappa shape index (κ1) is 25.4. The molecule has 3 rings (SSSR count). The number of hydrogen-bond acceptors (Lipinski definition) is 2. The molecule has 1 atom stereocenters. The van der Waals surface area contributed by atoms with Crippen molar-refractivity contribution in [2.45, 2.75) is 92.0 Å². The molecule has 0 heterocycles. The first-order valence-electron chi connectivity index (χ1n) is 13.1. The first-order chi connectivity index (χ1) is 15.9. The van der Waals surface area contributed by atoms with Gasteiger partial charge in [0.1, 0.15) is 0 Å². The van der Waals surface area contributed by atoms with Gasteiger partial charge in [-0.2, -0.15) is 0 Å². The van der Waals surface area contributed by atoms with Crippen LogP contribution in [0.1, 0.15) is 101 Å². The Labute approximate surface area is 201 Å². The van der Waals surface area contributed by atoms with Crippen LogP contribution in [0.15, 0.2) is 42.5 Å². The molecule has 0 N–H and O–H groups in total. The quantitative estimate of drug-likeness (QED) is 0.158. The molecule has 0 unspecified atom stereocenters. The second-order valence-corrected chi connectivity index (χ2v) is 10.1. The molecule has 0 fully saturated rings. The highest BCUT2D eigenvalue weighted by atomic mass is 16.1. The summed E-state index contributed by atoms with van der Waals surface area (Å²) in [5.41, 5.74) is 3.39. The summed E-state index contributed by atoms with van der Waals surface area (Å²) in [7, 11) is 0. The van der Waals surface area contributed by atoms with E-state index in [4.69, 9.17) is 0 Å². The van der Waals surface area contributed by atoms with Crippen molar-refractivity contribution in [1.82, 2.24) is 4.90 Å². The third-order valence-corrected chi connectivity index (χ3v) is 7.16. The highest BCUT2D eigenvalue weighted by Crippen LogP contribution is 2.31. The van der Waals surface area contributed by atoms with Gasteiger partial charge >= 0.3 is 0 Å². The number of carbonyl (C=O) groups excluding carboxylic acids is 1. The molecule has 3 aromatic carbocycles. The Morgan fingerprint density at radius 1 is 0.788 bits per heavy atom. The number of benzene rings is 3. The van der Waals surface area contributed by atoms with Crippen LogP contribution in [0.5, 0.6) is 0 Å². The maximum Gasteiger partial charge on any atom is 0.179 e. The molecule has 0 aromatic heterocycles. The third-order valence-electron chi connectivity index (χ3n) is 7.16. The van der Waals surface area contributed by atoms with Gasteiger partial charge in [-0.1, -0.05) is 83.7 Å². The standard InChI is InChI=1S/C31H43NO/c1-7-9-11-17-32(18-12-10-8-2)24(6)31(33)27-19-23(5)28-15-14-26-20-25(22(3)4)13-16-29(26)30(28)21-27/h13-16,19-22,24H,7-12,17-18H2,1-6H3/t24-/m0/s1. The maximum atomic E-state index is 13.7. The van der Waals surface area contributed by atoms with Gasteiger partial charge in [0.15, 0.2) is 5.78 Å². The number of Topliss-reactive ketones (excluding diaryl/α,β-unsaturated/α-hetero) is 1. The minimum atomic E-state index is -0.0851. The molecule has 2 heteroatoms. The number of unbranched alkanes of at least 4 members (excludes halogenated alkanes) is 4. The second kappa shape index (κ2) is 11.8. The zero-order valence-electron chi connectivity index (χ0n) is 21.7. The van der Waals surface area contributed by atoms with Gasteiger partial charge in [-0.3, -0.25) is 9.69 Å². The van der Waals surface area contributed by atoms with E-state index in [1.165, 1.54) is 71.2 Å². The van der Waals surface area contributed by atoms with E-state index in [2.05, 4.69) is 88.9 Å². The predicted molar refractivity (Wildman–Crippen MR) is 145 cm³/mol. The normalized spacial score (nSPS) is 12.8. The van der Waals surface area contributed by atoms with Crippen LogP contribution in [0.4, 0.5) is 0 Å². The smallest absolute Gasteiger partial charge is 0.179 e. The Bertz CT molecular complexity index is 1070. The Morgan fingerprint density at radius 3 is 2.03 bits per heavy atom. The molecular weight excluding hydrogens is 402 g/mol. The minimum Gasteiger partial charge on any atom is -0.294 e. The van der Waals surface area contributed by atoms with E-state index in [1.807, 2.05) is 0 Å². The largest absolute Gasteiger partial charge is 0.294 e. The molecule has 178 valence electrons. The van der Waals surface area contributed by atoms with Crippen LogP contribution < -0.4 is 0 Å². The van der Waals surface area contributed by atoms with Gasteiger partial charge in [0.25, 0.3) is 0 Å². The van der Waals surface area contributed by atoms with Gasteiger partial charge in [0.05, 0.1) is 6.04 Å². The van der Waals surface area contributed by atoms with Crippen LogP contribution in [0.25, 0.3) is 21.5 Å². The number of fused-ring (bicyclic) bond motifs is 3. The fourth-order valence-corrected chi connectivity index (χ4v) is 4.92. The highest BCUT2D eigenvalue weighted by molar-refractivity contribution is 6.12. The Morgan fingerprint density at radius 2 is 1.42 bits per heavy atom. The number of ketones is 1. The Kier molecular flexibility index (Phi) is 9.09. The van der Waals surface area contributed by atoms with Crippen molar-refractivity contribution in [3.05, 3.63) is 59.2 Å². The lowest BCUT2D eigenvalue weighted by Gasteiger charge is -2.28. The lowest BCUT2D eigenvalue weighted by Crippen LogP contribution is -2.40. The summed E-state index contributed by atoms with van der Waals surface area (Å²) >= 11 is 0. The van der Waals surface area contributed by atoms with Crippen LogP contribution in [0.2, 0.25) is 0 Å². The van der Waals surface area contributed by atoms with E-state index in [0.29, 0.717) is 5.92 Å². The van der Waals surface area contributed by atoms with Crippen molar-refractivity contribution in [2.24, 2.45) is 0 Å². The van der Waals surface area contributed by atoms with Gasteiger partial charge in [-0.15, -0.1) is 0 Å². The molecule has 0 spiro atoms. The minimum absolute atomic E-state index is 0.0851. The summed E-state index contributed by atoms with van der Waals surface area (Å²) in [6.07, 6.45) is 7.20. The lowest BCUT2D eigenvalue weighted by atomic mass is 9.92. The predicted octanol–water partition coefficient (Wildman–Crippen LogP) is 8.68. The summed E-state index contributed by atoms with van der Waals surface area (Å²) < 4.78 is 0. The van der Waals surface area contributed by atoms with Crippen molar-refractivity contribution in [3.63, 3.8) is 0 Å². The van der Waals surface area contributed by atoms with E-state index in [1.54, 1.807) is 0 Å². The Balaban J connectivity index is 1.96. The fraction of sp³-hybridized carbons (Fsp3) is 0.516. The van der Waals surface area contributed by atoms with Gasteiger partial charge in [-0.05, 0) is 90.5 Å². The summed E-state index contributed by atoms with van der Waals surface area (Å²) in [5, 5.41) is 4.94. The summed E-state index contributed by atoms with van der Waals surface area (Å²) in [4.78, 5) is 16.1. The van der Waals surface area contributed by atoms with Gasteiger partial charge in [-0.25, -0.2) is 0 Å². The molecule has 0 radical (unpaired) electrons. The van der Waals surface area contributed by atoms with E-state index < -0.39 is 0 Å². The summed E-state index contributed by atoms with van der Waals surface area (Å²) in [5.74, 6) is 0.760. The van der Waals surface area contributed by atoms with Crippen LogP contribution in [0, 0.1) is 6.92 Å². The van der Waals surface area contributed by atoms with Crippen molar-refractivity contribution in [3.8, 4) is 0 Å². The number of aryl methyl sites for hydroxylation is 1. The average Bonchev–Trinajstić information content (AvgIpc) is 2.81. The zero-order chi connectivity index (χ0) is 24.0. The van der Waals surface area contributed by atoms with Crippen LogP contribution in [0.3, 0.4) is 0 Å². The van der Waals surface area contributed by atoms with Crippen LogP contribution >= 0.6 is 0 Å². The van der Waals surface area contributed by atoms with Gasteiger partial charge < -0.3 is 0 Å². The SMILES string of the molecule is CCCCCN(CCCCC)[C@@H](C)C(=O)c1cc(C)c2ccc3cc(C(C)C)ccc3c2c1. The number of rotatable bonds is 12. The van der Waals surface area contributed by atoms with Crippen molar-refractivity contribution in [1.29, 1.82) is 0 Å². The number of hydrogen-bond donors (Lipinski definition) is 0. The number of carbonyl (C=O) groups is 1. The van der Waals surface area contributed by atoms with Crippen LogP contribution in [-0.4, -0.2) is 29.8 Å². The molecular formula is C31H43NO. The molecule has 0 aliphatic carbocycles. The lowest BCUT2D eigenvalue weighted by molar-refractivity contribution is 0.0832. The molecule has 33 heavy (non-hydrogen) atoms. The fourth-order valence-electron chi connectivity index (χ4n) is 4.92. The third kappa shape index (κ3) is 6.03. The van der Waals surface area contributed by atoms with Gasteiger partial charge in [0, 0.05) is 5.56 Å². The molecule has 3 aromatic rings. The van der Waals surface area contributed by atoms with E-state index >= 15 is 0 Å². The topological polar surface area (TPSA) is 20.3 Å². The molecule has 0 saturated carbocycles. The molecule has 2 nitrogen and oxygen atoms in total. The maximum absolute atomic E-state index is 13.7. The highest BCUT2D eigenvalue weighted by Gasteiger charge is 2.23. The van der Waals surface area contributed by atoms with Crippen LogP contribution in [-0.2, 0) is 0 Å². The molecule has 0 aliphatic rings. The molecule has 0 amide bonds. The number of nitrogens with zero attached hydrogens (tertiary/aromatic N) is 1. The van der Waals surface area contributed by atoms with Crippen molar-refractivity contribution >= 4 is 27.3 Å². The van der Waals surface area contributed by atoms with Gasteiger partial charge in [0.2, 0.25) is 0 Å². The van der Waals surface area contributed by atoms with E-state index in [9.17, 15) is 4.79 Å². The van der Waals surface area contributed by atoms with Crippen molar-refractivity contribution in [2.75, 3.05) is 13.1 Å². The van der Waals surface area contributed by atoms with Crippen molar-refractivity contribution < 1.29 is 4.79 Å². The summed E-state index contributed by atoms with van der Waals surface area (Å²) in [6, 6.07) is 15.4. The van der Waals surface area contributed by atoms with E-state index in [-0.39, 0.29) is 11.8 Å². The monoisotopic (exact) mass is 445 g/mol. The Hall–Kier alpha value is -2.19. The zero-order valence-corrected chi connectivity index (χ0v) is 21.7. The molecule has 0 bridgehead atoms. The molecule has 0 aliphatic heterocycles. The molecule has 0 saturated heterocycles. The van der Waals surface area contributed by atoms with E-state index in [0.717, 1.165) is 18.7 Å². The summed E-state index contributed by atoms with van der Waals surface area (Å²) in [6.45, 7) is 15.2. The second-order valence-electron chi connectivity index (χ2n) is 10.1. The first-order valence-corrected chi connectivity index (χ1v) is 13.1. The average molecular weight is 446 g/mol.